The van der Waals surface area contributed by atoms with E-state index in [1.807, 2.05) is 19.2 Å². The van der Waals surface area contributed by atoms with E-state index in [0.717, 1.165) is 0 Å². The molecule has 0 bridgehead atoms. The van der Waals surface area contributed by atoms with Crippen LogP contribution in [0, 0.1) is 5.92 Å². The molecule has 1 N–H and O–H groups in total. The van der Waals surface area contributed by atoms with Gasteiger partial charge in [-0.05, 0) is 43.5 Å². The zero-order valence-corrected chi connectivity index (χ0v) is 13.2. The van der Waals surface area contributed by atoms with Crippen molar-refractivity contribution in [2.45, 2.75) is 49.5 Å². The van der Waals surface area contributed by atoms with E-state index >= 15 is 0 Å². The fourth-order valence-corrected chi connectivity index (χ4v) is 3.87. The molecule has 3 nitrogen and oxygen atoms in total. The van der Waals surface area contributed by atoms with Gasteiger partial charge in [0.05, 0.1) is 4.90 Å². The van der Waals surface area contributed by atoms with Crippen molar-refractivity contribution < 1.29 is 8.42 Å². The standard InChI is InChI=1S/C16H25NO2S/c1-17-16(13-7-5-3-4-6-8-13)14-9-11-15(12-10-14)20(2,18)19/h9-13,16-17H,3-8H2,1-2H3. The van der Waals surface area contributed by atoms with Gasteiger partial charge in [0.25, 0.3) is 0 Å². The molecule has 1 aromatic carbocycles. The number of hydrogen-bond donors (Lipinski definition) is 1. The van der Waals surface area contributed by atoms with Crippen molar-refractivity contribution in [3.05, 3.63) is 29.8 Å². The lowest BCUT2D eigenvalue weighted by atomic mass is 9.87. The molecule has 1 aromatic rings. The van der Waals surface area contributed by atoms with Gasteiger partial charge in [-0.25, -0.2) is 8.42 Å². The zero-order chi connectivity index (χ0) is 14.6. The highest BCUT2D eigenvalue weighted by molar-refractivity contribution is 7.90. The quantitative estimate of drug-likeness (QED) is 0.867. The zero-order valence-electron chi connectivity index (χ0n) is 12.4. The van der Waals surface area contributed by atoms with Crippen LogP contribution in [-0.2, 0) is 9.84 Å². The van der Waals surface area contributed by atoms with Crippen LogP contribution >= 0.6 is 0 Å². The predicted octanol–water partition coefficient (Wildman–Crippen LogP) is 3.32. The highest BCUT2D eigenvalue weighted by atomic mass is 32.2. The molecule has 0 aromatic heterocycles. The van der Waals surface area contributed by atoms with Crippen molar-refractivity contribution >= 4 is 9.84 Å². The van der Waals surface area contributed by atoms with E-state index in [9.17, 15) is 8.42 Å². The molecule has 2 rings (SSSR count). The minimum atomic E-state index is -3.10. The Bertz CT molecular complexity index is 514. The SMILES string of the molecule is CNC(c1ccc(S(C)(=O)=O)cc1)C1CCCCCC1. The summed E-state index contributed by atoms with van der Waals surface area (Å²) >= 11 is 0. The average Bonchev–Trinajstić information content (AvgIpc) is 2.68. The van der Waals surface area contributed by atoms with E-state index < -0.39 is 9.84 Å². The van der Waals surface area contributed by atoms with Gasteiger partial charge in [-0.1, -0.05) is 37.8 Å². The molecule has 0 saturated heterocycles. The Morgan fingerprint density at radius 3 is 2.05 bits per heavy atom. The second kappa shape index (κ2) is 6.72. The maximum Gasteiger partial charge on any atom is 0.175 e. The maximum atomic E-state index is 11.5. The lowest BCUT2D eigenvalue weighted by Gasteiger charge is -2.26. The second-order valence-electron chi connectivity index (χ2n) is 5.86. The summed E-state index contributed by atoms with van der Waals surface area (Å²) in [6.07, 6.45) is 9.09. The topological polar surface area (TPSA) is 46.2 Å². The van der Waals surface area contributed by atoms with Crippen molar-refractivity contribution in [3.8, 4) is 0 Å². The molecule has 0 heterocycles. The fourth-order valence-electron chi connectivity index (χ4n) is 3.24. The highest BCUT2D eigenvalue weighted by Crippen LogP contribution is 2.33. The van der Waals surface area contributed by atoms with E-state index in [1.54, 1.807) is 12.1 Å². The fraction of sp³-hybridized carbons (Fsp3) is 0.625. The monoisotopic (exact) mass is 295 g/mol. The molecule has 1 aliphatic rings. The average molecular weight is 295 g/mol. The van der Waals surface area contributed by atoms with Crippen molar-refractivity contribution in [1.29, 1.82) is 0 Å². The molecule has 4 heteroatoms. The first kappa shape index (κ1) is 15.5. The molecular formula is C16H25NO2S. The molecule has 0 aliphatic heterocycles. The van der Waals surface area contributed by atoms with Crippen LogP contribution in [0.25, 0.3) is 0 Å². The molecule has 1 aliphatic carbocycles. The molecule has 0 spiro atoms. The van der Waals surface area contributed by atoms with Gasteiger partial charge < -0.3 is 5.32 Å². The van der Waals surface area contributed by atoms with Gasteiger partial charge in [-0.3, -0.25) is 0 Å². The third-order valence-corrected chi connectivity index (χ3v) is 5.48. The number of nitrogens with one attached hydrogen (secondary N) is 1. The van der Waals surface area contributed by atoms with E-state index in [1.165, 1.54) is 50.3 Å². The van der Waals surface area contributed by atoms with Crippen LogP contribution in [0.1, 0.15) is 50.1 Å². The van der Waals surface area contributed by atoms with E-state index in [2.05, 4.69) is 5.32 Å². The van der Waals surface area contributed by atoms with E-state index in [4.69, 9.17) is 0 Å². The van der Waals surface area contributed by atoms with Crippen LogP contribution in [0.3, 0.4) is 0 Å². The van der Waals surface area contributed by atoms with Crippen molar-refractivity contribution in [2.24, 2.45) is 5.92 Å². The highest BCUT2D eigenvalue weighted by Gasteiger charge is 2.23. The summed E-state index contributed by atoms with van der Waals surface area (Å²) in [5.41, 5.74) is 1.20. The van der Waals surface area contributed by atoms with Crippen LogP contribution < -0.4 is 5.32 Å². The Morgan fingerprint density at radius 1 is 1.05 bits per heavy atom. The first-order chi connectivity index (χ1) is 9.52. The minimum Gasteiger partial charge on any atom is -0.313 e. The minimum absolute atomic E-state index is 0.335. The van der Waals surface area contributed by atoms with Gasteiger partial charge >= 0.3 is 0 Å². The molecule has 1 saturated carbocycles. The Labute approximate surface area is 122 Å². The van der Waals surface area contributed by atoms with Crippen LogP contribution in [0.2, 0.25) is 0 Å². The largest absolute Gasteiger partial charge is 0.313 e. The summed E-state index contributed by atoms with van der Waals surface area (Å²) in [5, 5.41) is 3.42. The first-order valence-corrected chi connectivity index (χ1v) is 9.39. The summed E-state index contributed by atoms with van der Waals surface area (Å²) in [7, 11) is -1.10. The van der Waals surface area contributed by atoms with Crippen LogP contribution in [0.4, 0.5) is 0 Å². The summed E-state index contributed by atoms with van der Waals surface area (Å²) in [5.74, 6) is 0.659. The normalized spacial score (nSPS) is 19.5. The van der Waals surface area contributed by atoms with Crippen LogP contribution in [0.5, 0.6) is 0 Å². The van der Waals surface area contributed by atoms with E-state index in [0.29, 0.717) is 16.9 Å². The molecule has 0 radical (unpaired) electrons. The molecule has 1 atom stereocenters. The lowest BCUT2D eigenvalue weighted by molar-refractivity contribution is 0.341. The van der Waals surface area contributed by atoms with E-state index in [-0.39, 0.29) is 0 Å². The van der Waals surface area contributed by atoms with Crippen molar-refractivity contribution in [2.75, 3.05) is 13.3 Å². The lowest BCUT2D eigenvalue weighted by Crippen LogP contribution is -2.25. The molecule has 1 fully saturated rings. The summed E-state index contributed by atoms with van der Waals surface area (Å²) in [6, 6.07) is 7.71. The molecule has 112 valence electrons. The number of rotatable bonds is 4. The molecule has 20 heavy (non-hydrogen) atoms. The third kappa shape index (κ3) is 3.83. The summed E-state index contributed by atoms with van der Waals surface area (Å²) in [6.45, 7) is 0. The predicted molar refractivity (Wildman–Crippen MR) is 82.5 cm³/mol. The van der Waals surface area contributed by atoms with Crippen molar-refractivity contribution in [1.82, 2.24) is 5.32 Å². The maximum absolute atomic E-state index is 11.5. The Balaban J connectivity index is 2.18. The van der Waals surface area contributed by atoms with Gasteiger partial charge in [0.2, 0.25) is 0 Å². The van der Waals surface area contributed by atoms with Gasteiger partial charge in [0.1, 0.15) is 0 Å². The van der Waals surface area contributed by atoms with Crippen LogP contribution in [-0.4, -0.2) is 21.7 Å². The number of benzene rings is 1. The van der Waals surface area contributed by atoms with Crippen LogP contribution in [0.15, 0.2) is 29.2 Å². The Morgan fingerprint density at radius 2 is 1.60 bits per heavy atom. The number of hydrogen-bond acceptors (Lipinski definition) is 3. The van der Waals surface area contributed by atoms with Gasteiger partial charge in [-0.15, -0.1) is 0 Å². The smallest absolute Gasteiger partial charge is 0.175 e. The second-order valence-corrected chi connectivity index (χ2v) is 7.87. The molecule has 1 unspecified atom stereocenters. The Hall–Kier alpha value is -0.870. The number of sulfone groups is 1. The summed E-state index contributed by atoms with van der Waals surface area (Å²) in [4.78, 5) is 0.400. The van der Waals surface area contributed by atoms with Crippen molar-refractivity contribution in [3.63, 3.8) is 0 Å². The van der Waals surface area contributed by atoms with Gasteiger partial charge in [-0.2, -0.15) is 0 Å². The van der Waals surface area contributed by atoms with Gasteiger partial charge in [0, 0.05) is 12.3 Å². The van der Waals surface area contributed by atoms with Gasteiger partial charge in [0.15, 0.2) is 9.84 Å². The first-order valence-electron chi connectivity index (χ1n) is 7.49. The molecule has 0 amide bonds. The summed E-state index contributed by atoms with van der Waals surface area (Å²) < 4.78 is 23.0. The third-order valence-electron chi connectivity index (χ3n) is 4.35. The molecular weight excluding hydrogens is 270 g/mol. The Kier molecular flexibility index (Phi) is 5.22.